The Morgan fingerprint density at radius 1 is 1.35 bits per heavy atom. The molecule has 2 aliphatic heterocycles. The molecule has 1 aromatic heterocycles. The molecule has 0 spiro atoms. The molecule has 23 heavy (non-hydrogen) atoms. The number of nitrogens with zero attached hydrogens (tertiary/aromatic N) is 3. The first-order valence-corrected chi connectivity index (χ1v) is 8.28. The number of urea groups is 1. The van der Waals surface area contributed by atoms with E-state index in [1.807, 2.05) is 17.0 Å². The highest BCUT2D eigenvalue weighted by Crippen LogP contribution is 2.28. The predicted molar refractivity (Wildman–Crippen MR) is 88.2 cm³/mol. The fourth-order valence-corrected chi connectivity index (χ4v) is 3.49. The number of rotatable bonds is 2. The van der Waals surface area contributed by atoms with Gasteiger partial charge >= 0.3 is 6.03 Å². The highest BCUT2D eigenvalue weighted by atomic mass is 16.2. The standard InChI is InChI=1S/C17H24N4O2/c1-17(2)8-5-11-21(17)16(23)19-14-7-4-10-20(15(14)22)13-6-3-9-18-12-13/h3,6,9,12,14H,4-5,7-8,10-11H2,1-2H3,(H,19,23)/t14-/m1/s1. The Bertz CT molecular complexity index is 588. The lowest BCUT2D eigenvalue weighted by atomic mass is 10.0. The minimum absolute atomic E-state index is 0.0467. The first-order chi connectivity index (χ1) is 11.0. The van der Waals surface area contributed by atoms with Gasteiger partial charge in [-0.1, -0.05) is 0 Å². The van der Waals surface area contributed by atoms with Crippen molar-refractivity contribution in [1.29, 1.82) is 0 Å². The van der Waals surface area contributed by atoms with E-state index in [1.165, 1.54) is 0 Å². The summed E-state index contributed by atoms with van der Waals surface area (Å²) in [4.78, 5) is 32.9. The van der Waals surface area contributed by atoms with Gasteiger partial charge in [0.2, 0.25) is 5.91 Å². The van der Waals surface area contributed by atoms with E-state index in [4.69, 9.17) is 0 Å². The lowest BCUT2D eigenvalue weighted by Gasteiger charge is -2.36. The smallest absolute Gasteiger partial charge is 0.318 e. The third-order valence-electron chi connectivity index (χ3n) is 4.84. The number of nitrogens with one attached hydrogen (secondary N) is 1. The van der Waals surface area contributed by atoms with Gasteiger partial charge < -0.3 is 15.1 Å². The summed E-state index contributed by atoms with van der Waals surface area (Å²) in [5.74, 6) is -0.0467. The van der Waals surface area contributed by atoms with E-state index in [2.05, 4.69) is 24.1 Å². The molecule has 3 amide bonds. The highest BCUT2D eigenvalue weighted by Gasteiger charge is 2.38. The molecule has 1 aromatic rings. The van der Waals surface area contributed by atoms with Gasteiger partial charge in [-0.3, -0.25) is 9.78 Å². The number of anilines is 1. The lowest BCUT2D eigenvalue weighted by molar-refractivity contribution is -0.121. The molecule has 1 atom stereocenters. The molecular formula is C17H24N4O2. The Morgan fingerprint density at radius 3 is 2.83 bits per heavy atom. The monoisotopic (exact) mass is 316 g/mol. The topological polar surface area (TPSA) is 65.5 Å². The first kappa shape index (κ1) is 15.8. The summed E-state index contributed by atoms with van der Waals surface area (Å²) in [6.45, 7) is 5.58. The zero-order valence-electron chi connectivity index (χ0n) is 13.8. The number of carbonyl (C=O) groups is 2. The summed E-state index contributed by atoms with van der Waals surface area (Å²) in [7, 11) is 0. The van der Waals surface area contributed by atoms with Crippen LogP contribution in [0.25, 0.3) is 0 Å². The Kier molecular flexibility index (Phi) is 4.24. The molecule has 1 N–H and O–H groups in total. The molecule has 0 radical (unpaired) electrons. The Balaban J connectivity index is 1.68. The molecule has 2 saturated heterocycles. The van der Waals surface area contributed by atoms with Crippen LogP contribution in [0, 0.1) is 0 Å². The summed E-state index contributed by atoms with van der Waals surface area (Å²) in [6, 6.07) is 3.11. The molecule has 2 aliphatic rings. The SMILES string of the molecule is CC1(C)CCCN1C(=O)N[C@@H]1CCCN(c2cccnc2)C1=O. The van der Waals surface area contributed by atoms with E-state index in [0.717, 1.165) is 31.5 Å². The summed E-state index contributed by atoms with van der Waals surface area (Å²) < 4.78 is 0. The number of piperidine rings is 1. The largest absolute Gasteiger partial charge is 0.326 e. The van der Waals surface area contributed by atoms with E-state index in [0.29, 0.717) is 13.0 Å². The van der Waals surface area contributed by atoms with Crippen molar-refractivity contribution < 1.29 is 9.59 Å². The average Bonchev–Trinajstić information content (AvgIpc) is 2.89. The van der Waals surface area contributed by atoms with Gasteiger partial charge in [0.25, 0.3) is 0 Å². The molecule has 0 aliphatic carbocycles. The predicted octanol–water partition coefficient (Wildman–Crippen LogP) is 2.16. The number of aromatic nitrogens is 1. The van der Waals surface area contributed by atoms with Gasteiger partial charge in [0.1, 0.15) is 6.04 Å². The third-order valence-corrected chi connectivity index (χ3v) is 4.84. The van der Waals surface area contributed by atoms with E-state index >= 15 is 0 Å². The summed E-state index contributed by atoms with van der Waals surface area (Å²) in [6.07, 6.45) is 6.95. The van der Waals surface area contributed by atoms with Crippen molar-refractivity contribution in [2.45, 2.75) is 51.1 Å². The Labute approximate surface area is 136 Å². The summed E-state index contributed by atoms with van der Waals surface area (Å²) >= 11 is 0. The van der Waals surface area contributed by atoms with E-state index in [9.17, 15) is 9.59 Å². The number of hydrogen-bond donors (Lipinski definition) is 1. The summed E-state index contributed by atoms with van der Waals surface area (Å²) in [5.41, 5.74) is 0.656. The normalized spacial score (nSPS) is 23.9. The van der Waals surface area contributed by atoms with Crippen molar-refractivity contribution in [2.75, 3.05) is 18.0 Å². The van der Waals surface area contributed by atoms with Crippen LogP contribution in [0.1, 0.15) is 39.5 Å². The van der Waals surface area contributed by atoms with Gasteiger partial charge in [-0.05, 0) is 51.7 Å². The van der Waals surface area contributed by atoms with Crippen molar-refractivity contribution >= 4 is 17.6 Å². The number of hydrogen-bond acceptors (Lipinski definition) is 3. The number of carbonyl (C=O) groups excluding carboxylic acids is 2. The molecule has 6 nitrogen and oxygen atoms in total. The van der Waals surface area contributed by atoms with Crippen LogP contribution in [0.2, 0.25) is 0 Å². The van der Waals surface area contributed by atoms with Crippen molar-refractivity contribution in [3.8, 4) is 0 Å². The second-order valence-corrected chi connectivity index (χ2v) is 6.91. The minimum atomic E-state index is -0.451. The molecular weight excluding hydrogens is 292 g/mol. The summed E-state index contributed by atoms with van der Waals surface area (Å²) in [5, 5.41) is 2.94. The molecule has 6 heteroatoms. The molecule has 0 unspecified atom stereocenters. The zero-order chi connectivity index (χ0) is 16.4. The van der Waals surface area contributed by atoms with Crippen molar-refractivity contribution in [3.63, 3.8) is 0 Å². The van der Waals surface area contributed by atoms with Crippen LogP contribution in [-0.2, 0) is 4.79 Å². The molecule has 3 rings (SSSR count). The second-order valence-electron chi connectivity index (χ2n) is 6.91. The van der Waals surface area contributed by atoms with Crippen molar-refractivity contribution in [1.82, 2.24) is 15.2 Å². The molecule has 124 valence electrons. The van der Waals surface area contributed by atoms with Gasteiger partial charge in [-0.15, -0.1) is 0 Å². The highest BCUT2D eigenvalue weighted by molar-refractivity contribution is 5.99. The molecule has 0 bridgehead atoms. The van der Waals surface area contributed by atoms with Crippen LogP contribution >= 0.6 is 0 Å². The van der Waals surface area contributed by atoms with Gasteiger partial charge in [-0.2, -0.15) is 0 Å². The van der Waals surface area contributed by atoms with Crippen molar-refractivity contribution in [3.05, 3.63) is 24.5 Å². The van der Waals surface area contributed by atoms with Gasteiger partial charge in [-0.25, -0.2) is 4.79 Å². The number of pyridine rings is 1. The first-order valence-electron chi connectivity index (χ1n) is 8.28. The number of amides is 3. The van der Waals surface area contributed by atoms with Crippen LogP contribution in [-0.4, -0.2) is 46.5 Å². The Morgan fingerprint density at radius 2 is 2.17 bits per heavy atom. The molecule has 3 heterocycles. The fraction of sp³-hybridized carbons (Fsp3) is 0.588. The maximum atomic E-state index is 12.7. The van der Waals surface area contributed by atoms with E-state index in [-0.39, 0.29) is 17.5 Å². The maximum absolute atomic E-state index is 12.7. The van der Waals surface area contributed by atoms with Crippen LogP contribution in [0.4, 0.5) is 10.5 Å². The molecule has 0 aromatic carbocycles. The van der Waals surface area contributed by atoms with Crippen LogP contribution in [0.15, 0.2) is 24.5 Å². The Hall–Kier alpha value is -2.11. The lowest BCUT2D eigenvalue weighted by Crippen LogP contribution is -2.57. The quantitative estimate of drug-likeness (QED) is 0.909. The fourth-order valence-electron chi connectivity index (χ4n) is 3.49. The van der Waals surface area contributed by atoms with E-state index in [1.54, 1.807) is 17.3 Å². The van der Waals surface area contributed by atoms with Crippen LogP contribution in [0.3, 0.4) is 0 Å². The van der Waals surface area contributed by atoms with Crippen LogP contribution < -0.4 is 10.2 Å². The van der Waals surface area contributed by atoms with Crippen LogP contribution in [0.5, 0.6) is 0 Å². The van der Waals surface area contributed by atoms with Gasteiger partial charge in [0, 0.05) is 24.8 Å². The second kappa shape index (κ2) is 6.18. The zero-order valence-corrected chi connectivity index (χ0v) is 13.8. The number of likely N-dealkylation sites (tertiary alicyclic amines) is 1. The third kappa shape index (κ3) is 3.16. The van der Waals surface area contributed by atoms with E-state index < -0.39 is 6.04 Å². The van der Waals surface area contributed by atoms with Crippen molar-refractivity contribution in [2.24, 2.45) is 0 Å². The average molecular weight is 316 g/mol. The maximum Gasteiger partial charge on any atom is 0.318 e. The molecule has 2 fully saturated rings. The molecule has 0 saturated carbocycles. The minimum Gasteiger partial charge on any atom is -0.326 e. The van der Waals surface area contributed by atoms with Gasteiger partial charge in [0.05, 0.1) is 11.9 Å². The van der Waals surface area contributed by atoms with Gasteiger partial charge in [0.15, 0.2) is 0 Å².